The van der Waals surface area contributed by atoms with Crippen molar-refractivity contribution in [3.8, 4) is 0 Å². The Bertz CT molecular complexity index is 1360. The van der Waals surface area contributed by atoms with Gasteiger partial charge in [0.2, 0.25) is 0 Å². The Labute approximate surface area is 201 Å². The van der Waals surface area contributed by atoms with E-state index >= 15 is 0 Å². The molecule has 0 unspecified atom stereocenters. The Morgan fingerprint density at radius 2 is 2.18 bits per heavy atom. The summed E-state index contributed by atoms with van der Waals surface area (Å²) >= 11 is 5.91. The van der Waals surface area contributed by atoms with Crippen molar-refractivity contribution in [2.45, 2.75) is 57.5 Å². The van der Waals surface area contributed by atoms with Crippen LogP contribution in [0.3, 0.4) is 0 Å². The molecule has 1 fully saturated rings. The predicted molar refractivity (Wildman–Crippen MR) is 130 cm³/mol. The second-order valence-corrected chi connectivity index (χ2v) is 9.80. The van der Waals surface area contributed by atoms with Crippen molar-refractivity contribution < 1.29 is 14.6 Å². The summed E-state index contributed by atoms with van der Waals surface area (Å²) < 4.78 is 7.66. The largest absolute Gasteiger partial charge is 0.476 e. The molecule has 0 aliphatic carbocycles. The van der Waals surface area contributed by atoms with E-state index in [0.29, 0.717) is 29.8 Å². The Hall–Kier alpha value is -2.97. The van der Waals surface area contributed by atoms with Crippen LogP contribution in [0.25, 0.3) is 10.9 Å². The molecule has 2 aliphatic rings. The van der Waals surface area contributed by atoms with E-state index in [1.54, 1.807) is 12.1 Å². The van der Waals surface area contributed by atoms with E-state index in [0.717, 1.165) is 36.2 Å². The van der Waals surface area contributed by atoms with E-state index in [1.165, 1.54) is 0 Å². The molecule has 2 aliphatic heterocycles. The van der Waals surface area contributed by atoms with Crippen molar-refractivity contribution in [1.29, 1.82) is 0 Å². The molecule has 1 saturated heterocycles. The number of benzene rings is 1. The van der Waals surface area contributed by atoms with E-state index < -0.39 is 5.97 Å². The van der Waals surface area contributed by atoms with Gasteiger partial charge in [-0.1, -0.05) is 24.6 Å². The minimum atomic E-state index is -1.17. The number of aromatic nitrogens is 3. The Morgan fingerprint density at radius 1 is 1.38 bits per heavy atom. The summed E-state index contributed by atoms with van der Waals surface area (Å²) in [4.78, 5) is 34.5. The molecule has 1 spiro atoms. The molecule has 2 aromatic heterocycles. The lowest BCUT2D eigenvalue weighted by Crippen LogP contribution is -2.29. The lowest BCUT2D eigenvalue weighted by Gasteiger charge is -2.22. The van der Waals surface area contributed by atoms with Gasteiger partial charge < -0.3 is 15.2 Å². The number of rotatable bonds is 5. The molecule has 0 amide bonds. The molecule has 3 aromatic rings. The van der Waals surface area contributed by atoms with Gasteiger partial charge in [0.1, 0.15) is 11.0 Å². The van der Waals surface area contributed by atoms with E-state index in [1.807, 2.05) is 30.5 Å². The smallest absolute Gasteiger partial charge is 0.356 e. The highest BCUT2D eigenvalue weighted by Gasteiger charge is 2.48. The van der Waals surface area contributed by atoms with Crippen LogP contribution in [0.4, 0.5) is 5.69 Å². The topological polar surface area (TPSA) is 106 Å². The van der Waals surface area contributed by atoms with E-state index in [2.05, 4.69) is 17.2 Å². The number of carbonyl (C=O) groups is 1. The van der Waals surface area contributed by atoms with E-state index in [4.69, 9.17) is 21.3 Å². The zero-order valence-corrected chi connectivity index (χ0v) is 20.1. The van der Waals surface area contributed by atoms with Crippen molar-refractivity contribution in [3.05, 3.63) is 62.4 Å². The van der Waals surface area contributed by atoms with E-state index in [-0.39, 0.29) is 33.9 Å². The van der Waals surface area contributed by atoms with Crippen LogP contribution in [0, 0.1) is 6.92 Å². The molecule has 34 heavy (non-hydrogen) atoms. The number of aromatic carboxylic acids is 1. The van der Waals surface area contributed by atoms with E-state index in [9.17, 15) is 14.7 Å². The number of anilines is 1. The number of aryl methyl sites for hydroxylation is 1. The van der Waals surface area contributed by atoms with Crippen LogP contribution >= 0.6 is 11.6 Å². The van der Waals surface area contributed by atoms with Gasteiger partial charge in [0.05, 0.1) is 34.7 Å². The highest BCUT2D eigenvalue weighted by Crippen LogP contribution is 2.46. The second kappa shape index (κ2) is 8.36. The van der Waals surface area contributed by atoms with Gasteiger partial charge in [-0.25, -0.2) is 14.8 Å². The SMILES string of the molecule is CC[C@H]1C[C@@]2(CCOC2)c2nc3c([C@@H](C)Nc4ccc(Cl)nc4C(=O)O)cc(C)cc3c(=O)n21. The first-order chi connectivity index (χ1) is 16.2. The molecule has 9 heteroatoms. The number of carboxylic acids is 1. The summed E-state index contributed by atoms with van der Waals surface area (Å²) in [6.45, 7) is 7.22. The summed E-state index contributed by atoms with van der Waals surface area (Å²) in [5.41, 5.74) is 2.35. The standard InChI is InChI=1S/C25H27ClN4O4/c1-4-15-11-25(7-8-34-12-25)24-29-20-16(9-13(2)10-17(20)22(31)30(15)24)14(3)27-18-5-6-19(26)28-21(18)23(32)33/h5-6,9-10,14-15,27H,4,7-8,11-12H2,1-3H3,(H,32,33)/t14-,15+,25-/m1/s1. The first-order valence-electron chi connectivity index (χ1n) is 11.6. The number of hydrogen-bond acceptors (Lipinski definition) is 6. The van der Waals surface area contributed by atoms with Gasteiger partial charge in [0.25, 0.3) is 5.56 Å². The lowest BCUT2D eigenvalue weighted by atomic mass is 9.83. The maximum absolute atomic E-state index is 13.8. The minimum absolute atomic E-state index is 0.0211. The Balaban J connectivity index is 1.67. The second-order valence-electron chi connectivity index (χ2n) is 9.41. The predicted octanol–water partition coefficient (Wildman–Crippen LogP) is 4.64. The van der Waals surface area contributed by atoms with Gasteiger partial charge in [0, 0.05) is 18.2 Å². The van der Waals surface area contributed by atoms with Crippen LogP contribution in [0.1, 0.15) is 72.6 Å². The first kappa shape index (κ1) is 22.8. The zero-order chi connectivity index (χ0) is 24.2. The maximum Gasteiger partial charge on any atom is 0.356 e. The number of ether oxygens (including phenoxy) is 1. The van der Waals surface area contributed by atoms with Crippen LogP contribution < -0.4 is 10.9 Å². The summed E-state index contributed by atoms with van der Waals surface area (Å²) in [6.07, 6.45) is 2.58. The van der Waals surface area contributed by atoms with Gasteiger partial charge in [-0.3, -0.25) is 9.36 Å². The Morgan fingerprint density at radius 3 is 2.85 bits per heavy atom. The number of pyridine rings is 1. The number of fused-ring (bicyclic) bond motifs is 3. The molecule has 1 aromatic carbocycles. The molecule has 8 nitrogen and oxygen atoms in total. The lowest BCUT2D eigenvalue weighted by molar-refractivity contribution is 0.0691. The van der Waals surface area contributed by atoms with Crippen LogP contribution in [-0.4, -0.2) is 38.8 Å². The van der Waals surface area contributed by atoms with Gasteiger partial charge in [-0.2, -0.15) is 0 Å². The minimum Gasteiger partial charge on any atom is -0.476 e. The molecular formula is C25H27ClN4O4. The van der Waals surface area contributed by atoms with Crippen LogP contribution in [0.15, 0.2) is 29.1 Å². The highest BCUT2D eigenvalue weighted by molar-refractivity contribution is 6.29. The highest BCUT2D eigenvalue weighted by atomic mass is 35.5. The number of hydrogen-bond donors (Lipinski definition) is 2. The molecule has 0 radical (unpaired) electrons. The molecular weight excluding hydrogens is 456 g/mol. The average molecular weight is 483 g/mol. The van der Waals surface area contributed by atoms with Crippen molar-refractivity contribution in [2.24, 2.45) is 0 Å². The number of nitrogens with one attached hydrogen (secondary N) is 1. The molecule has 178 valence electrons. The third-order valence-corrected chi connectivity index (χ3v) is 7.33. The third-order valence-electron chi connectivity index (χ3n) is 7.12. The van der Waals surface area contributed by atoms with Crippen LogP contribution in [-0.2, 0) is 10.2 Å². The van der Waals surface area contributed by atoms with Crippen LogP contribution in [0.5, 0.6) is 0 Å². The van der Waals surface area contributed by atoms with Crippen LogP contribution in [0.2, 0.25) is 5.15 Å². The number of halogens is 1. The van der Waals surface area contributed by atoms with Crippen molar-refractivity contribution in [2.75, 3.05) is 18.5 Å². The fraction of sp³-hybridized carbons (Fsp3) is 0.440. The van der Waals surface area contributed by atoms with Gasteiger partial charge in [-0.15, -0.1) is 0 Å². The average Bonchev–Trinajstić information content (AvgIpc) is 3.40. The van der Waals surface area contributed by atoms with Gasteiger partial charge in [-0.05, 0) is 56.9 Å². The molecule has 0 saturated carbocycles. The fourth-order valence-corrected chi connectivity index (χ4v) is 5.60. The van der Waals surface area contributed by atoms with Crippen molar-refractivity contribution in [3.63, 3.8) is 0 Å². The molecule has 5 rings (SSSR count). The van der Waals surface area contributed by atoms with Crippen molar-refractivity contribution in [1.82, 2.24) is 14.5 Å². The summed E-state index contributed by atoms with van der Waals surface area (Å²) in [5, 5.41) is 13.5. The number of nitrogens with zero attached hydrogens (tertiary/aromatic N) is 3. The van der Waals surface area contributed by atoms with Crippen molar-refractivity contribution >= 4 is 34.2 Å². The summed E-state index contributed by atoms with van der Waals surface area (Å²) in [5.74, 6) is -0.361. The zero-order valence-electron chi connectivity index (χ0n) is 19.4. The molecule has 2 N–H and O–H groups in total. The molecule has 0 bridgehead atoms. The van der Waals surface area contributed by atoms with Gasteiger partial charge >= 0.3 is 5.97 Å². The Kier molecular flexibility index (Phi) is 5.61. The summed E-state index contributed by atoms with van der Waals surface area (Å²) in [7, 11) is 0. The van der Waals surface area contributed by atoms with Gasteiger partial charge in [0.15, 0.2) is 5.69 Å². The maximum atomic E-state index is 13.8. The first-order valence-corrected chi connectivity index (χ1v) is 11.9. The normalized spacial score (nSPS) is 22.3. The quantitative estimate of drug-likeness (QED) is 0.510. The fourth-order valence-electron chi connectivity index (χ4n) is 5.45. The summed E-state index contributed by atoms with van der Waals surface area (Å²) in [6, 6.07) is 6.81. The molecule has 4 heterocycles. The molecule has 3 atom stereocenters. The third kappa shape index (κ3) is 3.56. The number of carboxylic acid groups (broad SMARTS) is 1. The monoisotopic (exact) mass is 482 g/mol.